The van der Waals surface area contributed by atoms with Gasteiger partial charge in [-0.2, -0.15) is 0 Å². The van der Waals surface area contributed by atoms with Gasteiger partial charge in [-0.25, -0.2) is 0 Å². The van der Waals surface area contributed by atoms with E-state index in [-0.39, 0.29) is 11.9 Å². The summed E-state index contributed by atoms with van der Waals surface area (Å²) >= 11 is 0. The summed E-state index contributed by atoms with van der Waals surface area (Å²) in [6.45, 7) is 3.96. The molecule has 1 aromatic rings. The number of para-hydroxylation sites is 1. The fraction of sp³-hybridized carbons (Fsp3) is 0.625. The van der Waals surface area contributed by atoms with Crippen molar-refractivity contribution in [1.29, 1.82) is 0 Å². The van der Waals surface area contributed by atoms with E-state index >= 15 is 0 Å². The highest BCUT2D eigenvalue weighted by Crippen LogP contribution is 2.30. The molecule has 2 rings (SSSR count). The molecule has 4 heteroatoms. The summed E-state index contributed by atoms with van der Waals surface area (Å²) in [5.41, 5.74) is 0.854. The lowest BCUT2D eigenvalue weighted by Crippen LogP contribution is -2.28. The fourth-order valence-corrected chi connectivity index (χ4v) is 2.84. The maximum Gasteiger partial charge on any atom is 0.162 e. The summed E-state index contributed by atoms with van der Waals surface area (Å²) < 4.78 is 5.38. The van der Waals surface area contributed by atoms with E-state index in [0.29, 0.717) is 24.8 Å². The molecular formula is C16H25NO3. The van der Waals surface area contributed by atoms with Crippen LogP contribution in [0, 0.1) is 5.92 Å². The molecule has 0 saturated heterocycles. The molecule has 3 N–H and O–H groups in total. The number of benzene rings is 1. The number of aliphatic hydroxyl groups is 1. The molecule has 0 bridgehead atoms. The van der Waals surface area contributed by atoms with Crippen LogP contribution < -0.4 is 10.1 Å². The number of nitrogens with one attached hydrogen (secondary N) is 1. The smallest absolute Gasteiger partial charge is 0.162 e. The Morgan fingerprint density at radius 1 is 1.35 bits per heavy atom. The monoisotopic (exact) mass is 279 g/mol. The predicted molar refractivity (Wildman–Crippen MR) is 78.9 cm³/mol. The molecule has 112 valence electrons. The lowest BCUT2D eigenvalue weighted by Gasteiger charge is -2.26. The molecule has 0 spiro atoms. The molecule has 4 nitrogen and oxygen atoms in total. The van der Waals surface area contributed by atoms with E-state index < -0.39 is 0 Å². The molecule has 1 aliphatic rings. The topological polar surface area (TPSA) is 61.7 Å². The van der Waals surface area contributed by atoms with Gasteiger partial charge >= 0.3 is 0 Å². The fourth-order valence-electron chi connectivity index (χ4n) is 2.84. The summed E-state index contributed by atoms with van der Waals surface area (Å²) in [7, 11) is 0. The maximum atomic E-state index is 10.1. The zero-order valence-corrected chi connectivity index (χ0v) is 12.1. The van der Waals surface area contributed by atoms with Crippen LogP contribution in [-0.2, 0) is 6.54 Å². The van der Waals surface area contributed by atoms with Crippen molar-refractivity contribution >= 4 is 0 Å². The van der Waals surface area contributed by atoms with E-state index in [1.807, 2.05) is 19.1 Å². The number of ether oxygens (including phenoxy) is 1. The van der Waals surface area contributed by atoms with Gasteiger partial charge in [-0.1, -0.05) is 18.6 Å². The molecule has 1 saturated carbocycles. The highest BCUT2D eigenvalue weighted by molar-refractivity contribution is 5.45. The van der Waals surface area contributed by atoms with E-state index in [4.69, 9.17) is 4.74 Å². The van der Waals surface area contributed by atoms with E-state index in [9.17, 15) is 10.2 Å². The van der Waals surface area contributed by atoms with E-state index in [1.165, 1.54) is 6.42 Å². The van der Waals surface area contributed by atoms with Gasteiger partial charge < -0.3 is 20.3 Å². The summed E-state index contributed by atoms with van der Waals surface area (Å²) in [5, 5.41) is 23.1. The molecule has 1 aromatic carbocycles. The van der Waals surface area contributed by atoms with Crippen LogP contribution in [0.1, 0.15) is 38.2 Å². The first-order chi connectivity index (χ1) is 9.70. The van der Waals surface area contributed by atoms with Crippen LogP contribution in [0.5, 0.6) is 11.5 Å². The predicted octanol–water partition coefficient (Wildman–Crippen LogP) is 2.43. The van der Waals surface area contributed by atoms with Gasteiger partial charge in [-0.3, -0.25) is 0 Å². The molecule has 1 aliphatic carbocycles. The van der Waals surface area contributed by atoms with Gasteiger partial charge in [0.25, 0.3) is 0 Å². The number of aromatic hydroxyl groups is 1. The minimum absolute atomic E-state index is 0.134. The Morgan fingerprint density at radius 2 is 2.20 bits per heavy atom. The van der Waals surface area contributed by atoms with Crippen LogP contribution in [0.15, 0.2) is 18.2 Å². The van der Waals surface area contributed by atoms with Crippen molar-refractivity contribution in [3.63, 3.8) is 0 Å². The number of phenolic OH excluding ortho intramolecular Hbond substituents is 1. The lowest BCUT2D eigenvalue weighted by molar-refractivity contribution is 0.101. The van der Waals surface area contributed by atoms with Gasteiger partial charge in [0.15, 0.2) is 11.5 Å². The minimum atomic E-state index is -0.134. The number of rotatable bonds is 6. The molecule has 1 fully saturated rings. The number of hydrogen-bond acceptors (Lipinski definition) is 4. The van der Waals surface area contributed by atoms with Gasteiger partial charge in [0.2, 0.25) is 0 Å². The molecule has 0 amide bonds. The van der Waals surface area contributed by atoms with Crippen LogP contribution in [0.3, 0.4) is 0 Å². The second-order valence-electron chi connectivity index (χ2n) is 5.51. The minimum Gasteiger partial charge on any atom is -0.504 e. The Kier molecular flexibility index (Phi) is 5.68. The molecular weight excluding hydrogens is 254 g/mol. The summed E-state index contributed by atoms with van der Waals surface area (Å²) in [5.74, 6) is 1.31. The van der Waals surface area contributed by atoms with Crippen molar-refractivity contribution in [2.75, 3.05) is 13.2 Å². The number of aliphatic hydroxyl groups excluding tert-OH is 1. The second-order valence-corrected chi connectivity index (χ2v) is 5.51. The Labute approximate surface area is 120 Å². The highest BCUT2D eigenvalue weighted by Gasteiger charge is 2.19. The lowest BCUT2D eigenvalue weighted by atomic mass is 9.87. The largest absolute Gasteiger partial charge is 0.504 e. The first kappa shape index (κ1) is 15.1. The average molecular weight is 279 g/mol. The van der Waals surface area contributed by atoms with Crippen molar-refractivity contribution in [2.24, 2.45) is 5.92 Å². The van der Waals surface area contributed by atoms with Crippen molar-refractivity contribution in [3.05, 3.63) is 23.8 Å². The SMILES string of the molecule is CCOc1cccc(CNCC2CCCC(O)C2)c1O. The van der Waals surface area contributed by atoms with Crippen molar-refractivity contribution < 1.29 is 14.9 Å². The van der Waals surface area contributed by atoms with Crippen LogP contribution >= 0.6 is 0 Å². The summed E-state index contributed by atoms with van der Waals surface area (Å²) in [6, 6.07) is 5.58. The van der Waals surface area contributed by atoms with Crippen LogP contribution in [-0.4, -0.2) is 29.5 Å². The zero-order valence-electron chi connectivity index (χ0n) is 12.1. The van der Waals surface area contributed by atoms with E-state index in [2.05, 4.69) is 5.32 Å². The van der Waals surface area contributed by atoms with Crippen molar-refractivity contribution in [3.8, 4) is 11.5 Å². The maximum absolute atomic E-state index is 10.1. The highest BCUT2D eigenvalue weighted by atomic mass is 16.5. The third-order valence-electron chi connectivity index (χ3n) is 3.89. The third-order valence-corrected chi connectivity index (χ3v) is 3.89. The first-order valence-electron chi connectivity index (χ1n) is 7.53. The molecule has 20 heavy (non-hydrogen) atoms. The molecule has 0 aliphatic heterocycles. The average Bonchev–Trinajstić information content (AvgIpc) is 2.43. The normalized spacial score (nSPS) is 22.7. The van der Waals surface area contributed by atoms with Gasteiger partial charge in [0.1, 0.15) is 0 Å². The molecule has 2 unspecified atom stereocenters. The zero-order chi connectivity index (χ0) is 14.4. The van der Waals surface area contributed by atoms with Gasteiger partial charge in [0, 0.05) is 12.1 Å². The van der Waals surface area contributed by atoms with Crippen LogP contribution in [0.4, 0.5) is 0 Å². The Morgan fingerprint density at radius 3 is 2.95 bits per heavy atom. The Hall–Kier alpha value is -1.26. The third kappa shape index (κ3) is 4.12. The van der Waals surface area contributed by atoms with Gasteiger partial charge in [0.05, 0.1) is 12.7 Å². The second kappa shape index (κ2) is 7.50. The van der Waals surface area contributed by atoms with E-state index in [0.717, 1.165) is 31.4 Å². The Balaban J connectivity index is 1.83. The number of phenols is 1. The van der Waals surface area contributed by atoms with Gasteiger partial charge in [-0.05, 0) is 44.7 Å². The molecule has 2 atom stereocenters. The molecule has 0 radical (unpaired) electrons. The van der Waals surface area contributed by atoms with Crippen LogP contribution in [0.2, 0.25) is 0 Å². The first-order valence-corrected chi connectivity index (χ1v) is 7.53. The Bertz CT molecular complexity index is 422. The quantitative estimate of drug-likeness (QED) is 0.748. The standard InChI is InChI=1S/C16H25NO3/c1-2-20-15-8-4-6-13(16(15)19)11-17-10-12-5-3-7-14(18)9-12/h4,6,8,12,14,17-19H,2-3,5,7,9-11H2,1H3. The van der Waals surface area contributed by atoms with Crippen molar-refractivity contribution in [1.82, 2.24) is 5.32 Å². The number of hydrogen-bond donors (Lipinski definition) is 3. The van der Waals surface area contributed by atoms with Gasteiger partial charge in [-0.15, -0.1) is 0 Å². The molecule has 0 heterocycles. The van der Waals surface area contributed by atoms with Crippen molar-refractivity contribution in [2.45, 2.75) is 45.3 Å². The summed E-state index contributed by atoms with van der Waals surface area (Å²) in [4.78, 5) is 0. The van der Waals surface area contributed by atoms with Crippen LogP contribution in [0.25, 0.3) is 0 Å². The summed E-state index contributed by atoms with van der Waals surface area (Å²) in [6.07, 6.45) is 3.98. The molecule has 0 aromatic heterocycles. The van der Waals surface area contributed by atoms with E-state index in [1.54, 1.807) is 6.07 Å².